The highest BCUT2D eigenvalue weighted by atomic mass is 35.5. The first-order chi connectivity index (χ1) is 14.6. The third-order valence-corrected chi connectivity index (χ3v) is 7.01. The zero-order chi connectivity index (χ0) is 20.7. The van der Waals surface area contributed by atoms with E-state index in [0.29, 0.717) is 15.8 Å². The number of benzene rings is 1. The molecule has 1 aliphatic heterocycles. The average Bonchev–Trinajstić information content (AvgIpc) is 3.28. The lowest BCUT2D eigenvalue weighted by atomic mass is 9.92. The summed E-state index contributed by atoms with van der Waals surface area (Å²) in [6.45, 7) is 2.76. The van der Waals surface area contributed by atoms with E-state index in [9.17, 15) is 5.11 Å². The monoisotopic (exact) mass is 439 g/mol. The van der Waals surface area contributed by atoms with Crippen LogP contribution in [-0.4, -0.2) is 36.1 Å². The van der Waals surface area contributed by atoms with E-state index in [1.807, 2.05) is 49.6 Å². The fourth-order valence-electron chi connectivity index (χ4n) is 4.36. The maximum Gasteiger partial charge on any atom is 0.230 e. The van der Waals surface area contributed by atoms with Gasteiger partial charge < -0.3 is 5.11 Å². The Hall–Kier alpha value is -2.48. The molecular formula is C22H22ClN5OS. The number of nitrogens with zero attached hydrogens (tertiary/aromatic N) is 5. The van der Waals surface area contributed by atoms with Crippen molar-refractivity contribution in [1.82, 2.24) is 24.5 Å². The molecule has 3 aromatic heterocycles. The average molecular weight is 440 g/mol. The Morgan fingerprint density at radius 2 is 2.03 bits per heavy atom. The molecule has 0 amide bonds. The lowest BCUT2D eigenvalue weighted by Crippen LogP contribution is -2.37. The van der Waals surface area contributed by atoms with E-state index in [4.69, 9.17) is 11.6 Å². The van der Waals surface area contributed by atoms with Crippen LogP contribution in [0.25, 0.3) is 4.96 Å². The van der Waals surface area contributed by atoms with Crippen molar-refractivity contribution >= 4 is 27.9 Å². The molecule has 2 atom stereocenters. The van der Waals surface area contributed by atoms with Crippen molar-refractivity contribution in [2.75, 3.05) is 6.54 Å². The minimum absolute atomic E-state index is 0.124. The minimum atomic E-state index is -0.124. The number of thiazole rings is 1. The van der Waals surface area contributed by atoms with E-state index in [2.05, 4.69) is 26.0 Å². The number of likely N-dealkylation sites (tertiary alicyclic amines) is 1. The van der Waals surface area contributed by atoms with Crippen LogP contribution in [0.2, 0.25) is 5.02 Å². The molecule has 0 bridgehead atoms. The number of piperidine rings is 1. The number of aromatic nitrogens is 4. The van der Waals surface area contributed by atoms with Crippen molar-refractivity contribution in [2.24, 2.45) is 0 Å². The Labute approximate surface area is 183 Å². The van der Waals surface area contributed by atoms with Crippen LogP contribution < -0.4 is 0 Å². The molecule has 0 radical (unpaired) electrons. The standard InChI is InChI=1S/C22H22ClN5OS/c1-14-25-22-28(26-14)21(29)20(30-22)19(15-7-9-17(23)10-8-15)27-12-3-2-6-18(27)16-5-4-11-24-13-16/h4-5,7-11,13,18-19,29H,2-3,6,12H2,1H3. The van der Waals surface area contributed by atoms with Gasteiger partial charge in [-0.05, 0) is 55.6 Å². The summed E-state index contributed by atoms with van der Waals surface area (Å²) in [6, 6.07) is 12.1. The second-order valence-electron chi connectivity index (χ2n) is 7.63. The first-order valence-corrected chi connectivity index (χ1v) is 11.3. The van der Waals surface area contributed by atoms with Gasteiger partial charge in [0.05, 0.1) is 10.9 Å². The summed E-state index contributed by atoms with van der Waals surface area (Å²) < 4.78 is 1.54. The zero-order valence-corrected chi connectivity index (χ0v) is 18.1. The fourth-order valence-corrected chi connectivity index (χ4v) is 5.63. The summed E-state index contributed by atoms with van der Waals surface area (Å²) in [4.78, 5) is 12.8. The molecule has 8 heteroatoms. The van der Waals surface area contributed by atoms with Gasteiger partial charge in [-0.15, -0.1) is 5.10 Å². The molecule has 4 aromatic rings. The molecule has 1 aliphatic rings. The van der Waals surface area contributed by atoms with Gasteiger partial charge in [0.2, 0.25) is 10.8 Å². The molecule has 1 fully saturated rings. The molecule has 1 saturated heterocycles. The minimum Gasteiger partial charge on any atom is -0.492 e. The summed E-state index contributed by atoms with van der Waals surface area (Å²) in [5.41, 5.74) is 2.29. The van der Waals surface area contributed by atoms with Crippen molar-refractivity contribution in [3.8, 4) is 5.88 Å². The number of pyridine rings is 1. The van der Waals surface area contributed by atoms with Gasteiger partial charge in [-0.3, -0.25) is 9.88 Å². The number of aryl methyl sites for hydroxylation is 1. The van der Waals surface area contributed by atoms with Crippen LogP contribution >= 0.6 is 22.9 Å². The van der Waals surface area contributed by atoms with Crippen molar-refractivity contribution in [1.29, 1.82) is 0 Å². The van der Waals surface area contributed by atoms with E-state index in [1.165, 1.54) is 23.3 Å². The summed E-state index contributed by atoms with van der Waals surface area (Å²) in [6.07, 6.45) is 7.09. The van der Waals surface area contributed by atoms with Crippen LogP contribution in [0.1, 0.15) is 53.2 Å². The normalized spacial score (nSPS) is 18.7. The number of halogens is 1. The van der Waals surface area contributed by atoms with Crippen molar-refractivity contribution < 1.29 is 5.11 Å². The molecule has 30 heavy (non-hydrogen) atoms. The van der Waals surface area contributed by atoms with E-state index in [1.54, 1.807) is 4.52 Å². The molecule has 1 aromatic carbocycles. The SMILES string of the molecule is Cc1nc2sc(C(c3ccc(Cl)cc3)N3CCCCC3c3cccnc3)c(O)n2n1. The predicted molar refractivity (Wildman–Crippen MR) is 118 cm³/mol. The number of rotatable bonds is 4. The summed E-state index contributed by atoms with van der Waals surface area (Å²) in [5, 5.41) is 16.1. The second kappa shape index (κ2) is 7.98. The van der Waals surface area contributed by atoms with Crippen LogP contribution in [-0.2, 0) is 0 Å². The Bertz CT molecular complexity index is 1160. The van der Waals surface area contributed by atoms with Gasteiger partial charge in [0.1, 0.15) is 5.82 Å². The maximum absolute atomic E-state index is 11.1. The molecule has 4 heterocycles. The maximum atomic E-state index is 11.1. The summed E-state index contributed by atoms with van der Waals surface area (Å²) in [5.74, 6) is 0.809. The topological polar surface area (TPSA) is 66.5 Å². The highest BCUT2D eigenvalue weighted by molar-refractivity contribution is 7.17. The van der Waals surface area contributed by atoms with E-state index >= 15 is 0 Å². The van der Waals surface area contributed by atoms with Crippen LogP contribution in [0, 0.1) is 6.92 Å². The third-order valence-electron chi connectivity index (χ3n) is 5.68. The molecule has 0 aliphatic carbocycles. The first-order valence-electron chi connectivity index (χ1n) is 10.1. The van der Waals surface area contributed by atoms with E-state index < -0.39 is 0 Å². The van der Waals surface area contributed by atoms with E-state index in [-0.39, 0.29) is 18.0 Å². The lowest BCUT2D eigenvalue weighted by Gasteiger charge is -2.41. The Morgan fingerprint density at radius 3 is 2.77 bits per heavy atom. The van der Waals surface area contributed by atoms with Crippen molar-refractivity contribution in [3.05, 3.63) is 75.6 Å². The van der Waals surface area contributed by atoms with Crippen LogP contribution in [0.15, 0.2) is 48.8 Å². The molecule has 1 N–H and O–H groups in total. The third kappa shape index (κ3) is 3.47. The van der Waals surface area contributed by atoms with Gasteiger partial charge in [0.15, 0.2) is 0 Å². The molecular weight excluding hydrogens is 418 g/mol. The molecule has 5 rings (SSSR count). The van der Waals surface area contributed by atoms with Crippen molar-refractivity contribution in [3.63, 3.8) is 0 Å². The molecule has 2 unspecified atom stereocenters. The van der Waals surface area contributed by atoms with Gasteiger partial charge in [0, 0.05) is 23.5 Å². The smallest absolute Gasteiger partial charge is 0.230 e. The number of hydrogen-bond acceptors (Lipinski definition) is 6. The van der Waals surface area contributed by atoms with Crippen molar-refractivity contribution in [2.45, 2.75) is 38.3 Å². The Morgan fingerprint density at radius 1 is 1.20 bits per heavy atom. The zero-order valence-electron chi connectivity index (χ0n) is 16.6. The molecule has 6 nitrogen and oxygen atoms in total. The van der Waals surface area contributed by atoms with Crippen LogP contribution in [0.3, 0.4) is 0 Å². The number of hydrogen-bond donors (Lipinski definition) is 1. The van der Waals surface area contributed by atoms with Gasteiger partial charge in [0.25, 0.3) is 0 Å². The first kappa shape index (κ1) is 19.5. The Kier molecular flexibility index (Phi) is 5.18. The number of aromatic hydroxyl groups is 1. The van der Waals surface area contributed by atoms with Crippen LogP contribution in [0.5, 0.6) is 5.88 Å². The molecule has 154 valence electrons. The highest BCUT2D eigenvalue weighted by Gasteiger charge is 2.35. The summed E-state index contributed by atoms with van der Waals surface area (Å²) in [7, 11) is 0. The summed E-state index contributed by atoms with van der Waals surface area (Å²) >= 11 is 7.67. The van der Waals surface area contributed by atoms with Crippen LogP contribution in [0.4, 0.5) is 0 Å². The molecule has 0 saturated carbocycles. The Balaban J connectivity index is 1.65. The van der Waals surface area contributed by atoms with Gasteiger partial charge in [-0.2, -0.15) is 4.52 Å². The largest absolute Gasteiger partial charge is 0.492 e. The second-order valence-corrected chi connectivity index (χ2v) is 9.08. The quantitative estimate of drug-likeness (QED) is 0.475. The highest BCUT2D eigenvalue weighted by Crippen LogP contribution is 2.45. The molecule has 0 spiro atoms. The lowest BCUT2D eigenvalue weighted by molar-refractivity contribution is 0.113. The number of fused-ring (bicyclic) bond motifs is 1. The van der Waals surface area contributed by atoms with E-state index in [0.717, 1.165) is 29.8 Å². The predicted octanol–water partition coefficient (Wildman–Crippen LogP) is 5.17. The van der Waals surface area contributed by atoms with Gasteiger partial charge >= 0.3 is 0 Å². The van der Waals surface area contributed by atoms with Gasteiger partial charge in [-0.1, -0.05) is 47.6 Å². The van der Waals surface area contributed by atoms with Gasteiger partial charge in [-0.25, -0.2) is 4.98 Å². The fraction of sp³-hybridized carbons (Fsp3) is 0.318.